The number of hydrogen-bond acceptors (Lipinski definition) is 4. The summed E-state index contributed by atoms with van der Waals surface area (Å²) in [4.78, 5) is 0. The normalized spacial score (nSPS) is 56.3. The largest absolute Gasteiger partial charge is 0.388 e. The van der Waals surface area contributed by atoms with Crippen molar-refractivity contribution in [3.63, 3.8) is 0 Å². The predicted octanol–water partition coefficient (Wildman–Crippen LogP) is 0.285. The molecule has 0 amide bonds. The van der Waals surface area contributed by atoms with Gasteiger partial charge in [0.2, 0.25) is 0 Å². The van der Waals surface area contributed by atoms with Crippen molar-refractivity contribution in [1.82, 2.24) is 0 Å². The highest BCUT2D eigenvalue weighted by molar-refractivity contribution is 4.93. The predicted molar refractivity (Wildman–Crippen MR) is 45.2 cm³/mol. The fraction of sp³-hybridized carbons (Fsp3) is 1.00. The fourth-order valence-corrected chi connectivity index (χ4v) is 2.05. The molecule has 2 fully saturated rings. The van der Waals surface area contributed by atoms with Gasteiger partial charge in [-0.15, -0.1) is 0 Å². The summed E-state index contributed by atoms with van der Waals surface area (Å²) in [5, 5.41) is 9.75. The molecule has 4 heteroatoms. The number of hydrogen-bond donors (Lipinski definition) is 1. The molecule has 0 aromatic heterocycles. The van der Waals surface area contributed by atoms with Crippen molar-refractivity contribution in [3.8, 4) is 0 Å². The molecule has 76 valence electrons. The summed E-state index contributed by atoms with van der Waals surface area (Å²) >= 11 is 0. The van der Waals surface area contributed by atoms with Crippen LogP contribution in [-0.2, 0) is 14.2 Å². The molecule has 4 nitrogen and oxygen atoms in total. The summed E-state index contributed by atoms with van der Waals surface area (Å²) in [6, 6.07) is 0. The van der Waals surface area contributed by atoms with Crippen LogP contribution in [0.5, 0.6) is 0 Å². The Labute approximate surface area is 77.8 Å². The smallest absolute Gasteiger partial charge is 0.156 e. The second-order valence-corrected chi connectivity index (χ2v) is 3.81. The van der Waals surface area contributed by atoms with Crippen LogP contribution in [0.25, 0.3) is 0 Å². The molecule has 0 radical (unpaired) electrons. The van der Waals surface area contributed by atoms with Crippen LogP contribution in [-0.4, -0.2) is 41.9 Å². The van der Waals surface area contributed by atoms with Gasteiger partial charge in [-0.3, -0.25) is 0 Å². The van der Waals surface area contributed by atoms with Gasteiger partial charge in [-0.05, 0) is 20.8 Å². The molecule has 0 aromatic carbocycles. The molecule has 0 bridgehead atoms. The number of aliphatic hydroxyl groups is 1. The second-order valence-electron chi connectivity index (χ2n) is 3.81. The van der Waals surface area contributed by atoms with Gasteiger partial charge in [0.1, 0.15) is 18.3 Å². The van der Waals surface area contributed by atoms with Gasteiger partial charge < -0.3 is 19.3 Å². The Kier molecular flexibility index (Phi) is 2.32. The average Bonchev–Trinajstić information content (AvgIpc) is 2.44. The van der Waals surface area contributed by atoms with E-state index in [4.69, 9.17) is 14.2 Å². The number of fused-ring (bicyclic) bond motifs is 1. The lowest BCUT2D eigenvalue weighted by Crippen LogP contribution is -2.54. The summed E-state index contributed by atoms with van der Waals surface area (Å²) in [7, 11) is 0. The SMILES string of the molecule is CC1OC2C(C)OC(C)C(O)C2O1. The molecular weight excluding hydrogens is 172 g/mol. The third-order valence-corrected chi connectivity index (χ3v) is 2.73. The van der Waals surface area contributed by atoms with Crippen LogP contribution in [0.2, 0.25) is 0 Å². The molecule has 0 aromatic rings. The molecule has 2 saturated heterocycles. The Morgan fingerprint density at radius 2 is 1.46 bits per heavy atom. The molecule has 6 unspecified atom stereocenters. The van der Waals surface area contributed by atoms with E-state index in [9.17, 15) is 5.11 Å². The molecule has 6 atom stereocenters. The van der Waals surface area contributed by atoms with E-state index in [1.54, 1.807) is 0 Å². The minimum Gasteiger partial charge on any atom is -0.388 e. The van der Waals surface area contributed by atoms with E-state index in [0.717, 1.165) is 0 Å². The van der Waals surface area contributed by atoms with Crippen molar-refractivity contribution < 1.29 is 19.3 Å². The summed E-state index contributed by atoms with van der Waals surface area (Å²) in [6.07, 6.45) is -1.35. The molecule has 2 rings (SSSR count). The maximum atomic E-state index is 9.75. The number of rotatable bonds is 0. The van der Waals surface area contributed by atoms with E-state index in [1.807, 2.05) is 20.8 Å². The highest BCUT2D eigenvalue weighted by Gasteiger charge is 2.48. The Bertz CT molecular complexity index is 196. The van der Waals surface area contributed by atoms with Crippen LogP contribution < -0.4 is 0 Å². The molecule has 0 saturated carbocycles. The lowest BCUT2D eigenvalue weighted by molar-refractivity contribution is -0.174. The van der Waals surface area contributed by atoms with Gasteiger partial charge in [-0.25, -0.2) is 0 Å². The lowest BCUT2D eigenvalue weighted by Gasteiger charge is -2.37. The Hall–Kier alpha value is -0.160. The Balaban J connectivity index is 2.13. The quantitative estimate of drug-likeness (QED) is 0.593. The molecule has 13 heavy (non-hydrogen) atoms. The summed E-state index contributed by atoms with van der Waals surface area (Å²) in [6.45, 7) is 5.63. The van der Waals surface area contributed by atoms with Gasteiger partial charge in [0.25, 0.3) is 0 Å². The molecule has 0 spiro atoms. The van der Waals surface area contributed by atoms with Crippen molar-refractivity contribution in [2.24, 2.45) is 0 Å². The lowest BCUT2D eigenvalue weighted by atomic mass is 9.97. The van der Waals surface area contributed by atoms with Gasteiger partial charge in [0.15, 0.2) is 6.29 Å². The van der Waals surface area contributed by atoms with Crippen LogP contribution in [0.4, 0.5) is 0 Å². The van der Waals surface area contributed by atoms with E-state index < -0.39 is 6.10 Å². The zero-order valence-corrected chi connectivity index (χ0v) is 8.14. The number of aliphatic hydroxyl groups excluding tert-OH is 1. The van der Waals surface area contributed by atoms with Gasteiger partial charge in [-0.2, -0.15) is 0 Å². The van der Waals surface area contributed by atoms with Crippen molar-refractivity contribution >= 4 is 0 Å². The maximum Gasteiger partial charge on any atom is 0.156 e. The Morgan fingerprint density at radius 3 is 2.15 bits per heavy atom. The van der Waals surface area contributed by atoms with Crippen LogP contribution >= 0.6 is 0 Å². The van der Waals surface area contributed by atoms with E-state index >= 15 is 0 Å². The highest BCUT2D eigenvalue weighted by Crippen LogP contribution is 2.31. The second kappa shape index (κ2) is 3.20. The molecule has 0 aliphatic carbocycles. The first-order valence-electron chi connectivity index (χ1n) is 4.74. The van der Waals surface area contributed by atoms with Crippen molar-refractivity contribution in [3.05, 3.63) is 0 Å². The average molecular weight is 188 g/mol. The van der Waals surface area contributed by atoms with Crippen molar-refractivity contribution in [2.75, 3.05) is 0 Å². The van der Waals surface area contributed by atoms with Crippen LogP contribution in [0.3, 0.4) is 0 Å². The van der Waals surface area contributed by atoms with Gasteiger partial charge >= 0.3 is 0 Å². The van der Waals surface area contributed by atoms with Gasteiger partial charge in [0, 0.05) is 0 Å². The first kappa shape index (κ1) is 9.40. The zero-order chi connectivity index (χ0) is 9.59. The monoisotopic (exact) mass is 188 g/mol. The third kappa shape index (κ3) is 1.48. The Morgan fingerprint density at radius 1 is 0.846 bits per heavy atom. The highest BCUT2D eigenvalue weighted by atomic mass is 16.7. The standard InChI is InChI=1S/C9H16O4/c1-4-7(10)9-8(5(2)11-4)12-6(3)13-9/h4-10H,1-3H3. The topological polar surface area (TPSA) is 47.9 Å². The zero-order valence-electron chi connectivity index (χ0n) is 8.14. The summed E-state index contributed by atoms with van der Waals surface area (Å²) < 4.78 is 16.5. The molecule has 2 aliphatic heterocycles. The van der Waals surface area contributed by atoms with Crippen LogP contribution in [0, 0.1) is 0 Å². The van der Waals surface area contributed by atoms with E-state index in [0.29, 0.717) is 0 Å². The third-order valence-electron chi connectivity index (χ3n) is 2.73. The maximum absolute atomic E-state index is 9.75. The molecule has 1 N–H and O–H groups in total. The minimum atomic E-state index is -0.578. The van der Waals surface area contributed by atoms with E-state index in [1.165, 1.54) is 0 Å². The molecule has 2 heterocycles. The minimum absolute atomic E-state index is 0.00616. The van der Waals surface area contributed by atoms with Crippen LogP contribution in [0.1, 0.15) is 20.8 Å². The molecule has 2 aliphatic rings. The van der Waals surface area contributed by atoms with E-state index in [-0.39, 0.29) is 30.7 Å². The van der Waals surface area contributed by atoms with Crippen molar-refractivity contribution in [2.45, 2.75) is 57.6 Å². The first-order valence-corrected chi connectivity index (χ1v) is 4.74. The summed E-state index contributed by atoms with van der Waals surface area (Å²) in [5.41, 5.74) is 0. The number of ether oxygens (including phenoxy) is 3. The van der Waals surface area contributed by atoms with E-state index in [2.05, 4.69) is 0 Å². The van der Waals surface area contributed by atoms with Crippen molar-refractivity contribution in [1.29, 1.82) is 0 Å². The van der Waals surface area contributed by atoms with Gasteiger partial charge in [0.05, 0.1) is 12.2 Å². The first-order chi connectivity index (χ1) is 6.09. The van der Waals surface area contributed by atoms with Crippen LogP contribution in [0.15, 0.2) is 0 Å². The fourth-order valence-electron chi connectivity index (χ4n) is 2.05. The van der Waals surface area contributed by atoms with Gasteiger partial charge in [-0.1, -0.05) is 0 Å². The molecular formula is C9H16O4. The summed E-state index contributed by atoms with van der Waals surface area (Å²) in [5.74, 6) is 0.